The number of anilines is 1. The molecule has 1 fully saturated rings. The Bertz CT molecular complexity index is 784. The molecule has 1 aliphatic rings. The number of carboxylic acid groups (broad SMARTS) is 1. The van der Waals surface area contributed by atoms with Gasteiger partial charge < -0.3 is 10.0 Å². The first-order chi connectivity index (χ1) is 12.0. The standard InChI is InChI=1S/C19H20ClFN2O2/c1-22-10-4-5-14(22)12-23(19(24)25)18-7-3-2-6-15(18)13-8-9-17(21)16(20)11-13/h2-3,6-9,11,14H,4-5,10,12H2,1H3,(H,24,25). The highest BCUT2D eigenvalue weighted by Crippen LogP contribution is 2.34. The first kappa shape index (κ1) is 17.7. The van der Waals surface area contributed by atoms with E-state index in [9.17, 15) is 14.3 Å². The summed E-state index contributed by atoms with van der Waals surface area (Å²) in [6, 6.07) is 11.9. The number of hydrogen-bond acceptors (Lipinski definition) is 2. The quantitative estimate of drug-likeness (QED) is 0.855. The third-order valence-electron chi connectivity index (χ3n) is 4.72. The zero-order valence-corrected chi connectivity index (χ0v) is 14.7. The van der Waals surface area contributed by atoms with Crippen LogP contribution in [0.3, 0.4) is 0 Å². The fourth-order valence-corrected chi connectivity index (χ4v) is 3.50. The average molecular weight is 363 g/mol. The van der Waals surface area contributed by atoms with Crippen molar-refractivity contribution in [3.8, 4) is 11.1 Å². The van der Waals surface area contributed by atoms with E-state index >= 15 is 0 Å². The van der Waals surface area contributed by atoms with Crippen LogP contribution in [0.1, 0.15) is 12.8 Å². The van der Waals surface area contributed by atoms with Gasteiger partial charge in [0.2, 0.25) is 0 Å². The Kier molecular flexibility index (Phi) is 5.25. The van der Waals surface area contributed by atoms with E-state index in [0.29, 0.717) is 23.4 Å². The lowest BCUT2D eigenvalue weighted by Crippen LogP contribution is -2.41. The molecule has 0 saturated carbocycles. The number of rotatable bonds is 4. The summed E-state index contributed by atoms with van der Waals surface area (Å²) >= 11 is 5.90. The highest BCUT2D eigenvalue weighted by Gasteiger charge is 2.27. The normalized spacial score (nSPS) is 17.6. The molecule has 2 aromatic rings. The van der Waals surface area contributed by atoms with Gasteiger partial charge in [-0.3, -0.25) is 4.90 Å². The van der Waals surface area contributed by atoms with E-state index in [-0.39, 0.29) is 11.1 Å². The molecule has 4 nitrogen and oxygen atoms in total. The van der Waals surface area contributed by atoms with Crippen molar-refractivity contribution in [1.82, 2.24) is 4.90 Å². The van der Waals surface area contributed by atoms with Crippen molar-refractivity contribution < 1.29 is 14.3 Å². The first-order valence-electron chi connectivity index (χ1n) is 8.22. The van der Waals surface area contributed by atoms with Crippen LogP contribution in [0.25, 0.3) is 11.1 Å². The van der Waals surface area contributed by atoms with Crippen molar-refractivity contribution in [2.45, 2.75) is 18.9 Å². The van der Waals surface area contributed by atoms with Crippen LogP contribution in [-0.2, 0) is 0 Å². The predicted molar refractivity (Wildman–Crippen MR) is 97.9 cm³/mol. The van der Waals surface area contributed by atoms with E-state index in [1.54, 1.807) is 18.2 Å². The summed E-state index contributed by atoms with van der Waals surface area (Å²) in [7, 11) is 2.02. The molecular weight excluding hydrogens is 343 g/mol. The van der Waals surface area contributed by atoms with Gasteiger partial charge in [-0.1, -0.05) is 35.9 Å². The maximum atomic E-state index is 13.5. The number of likely N-dealkylation sites (N-methyl/N-ethyl adjacent to an activating group) is 1. The highest BCUT2D eigenvalue weighted by molar-refractivity contribution is 6.31. The van der Waals surface area contributed by atoms with E-state index < -0.39 is 11.9 Å². The summed E-state index contributed by atoms with van der Waals surface area (Å²) in [5.74, 6) is -0.495. The fourth-order valence-electron chi connectivity index (χ4n) is 3.32. The van der Waals surface area contributed by atoms with Crippen LogP contribution in [0.2, 0.25) is 5.02 Å². The third kappa shape index (κ3) is 3.78. The van der Waals surface area contributed by atoms with E-state index in [2.05, 4.69) is 4.90 Å². The van der Waals surface area contributed by atoms with E-state index in [4.69, 9.17) is 11.6 Å². The van der Waals surface area contributed by atoms with Gasteiger partial charge in [-0.15, -0.1) is 0 Å². The van der Waals surface area contributed by atoms with Gasteiger partial charge in [0.1, 0.15) is 5.82 Å². The second kappa shape index (κ2) is 7.42. The lowest BCUT2D eigenvalue weighted by Gasteiger charge is -2.28. The Morgan fingerprint density at radius 1 is 1.36 bits per heavy atom. The molecule has 0 radical (unpaired) electrons. The van der Waals surface area contributed by atoms with Gasteiger partial charge in [0.25, 0.3) is 0 Å². The van der Waals surface area contributed by atoms with Crippen LogP contribution in [0.5, 0.6) is 0 Å². The molecule has 1 saturated heterocycles. The number of amides is 1. The van der Waals surface area contributed by atoms with Gasteiger partial charge in [-0.2, -0.15) is 0 Å². The number of para-hydroxylation sites is 1. The smallest absolute Gasteiger partial charge is 0.411 e. The molecule has 1 N–H and O–H groups in total. The Morgan fingerprint density at radius 2 is 2.12 bits per heavy atom. The molecule has 3 rings (SSSR count). The minimum atomic E-state index is -0.999. The Hall–Kier alpha value is -2.11. The van der Waals surface area contributed by atoms with Gasteiger partial charge in [0.15, 0.2) is 0 Å². The van der Waals surface area contributed by atoms with Gasteiger partial charge in [-0.25, -0.2) is 9.18 Å². The molecule has 2 aromatic carbocycles. The number of hydrogen-bond donors (Lipinski definition) is 1. The lowest BCUT2D eigenvalue weighted by molar-refractivity contribution is 0.198. The van der Waals surface area contributed by atoms with Crippen LogP contribution >= 0.6 is 11.6 Å². The lowest BCUT2D eigenvalue weighted by atomic mass is 10.0. The van der Waals surface area contributed by atoms with Crippen molar-refractivity contribution in [2.24, 2.45) is 0 Å². The van der Waals surface area contributed by atoms with Crippen molar-refractivity contribution in [3.05, 3.63) is 53.3 Å². The summed E-state index contributed by atoms with van der Waals surface area (Å²) in [6.07, 6.45) is 1.05. The Morgan fingerprint density at radius 3 is 2.76 bits per heavy atom. The van der Waals surface area contributed by atoms with Crippen molar-refractivity contribution in [2.75, 3.05) is 25.0 Å². The van der Waals surface area contributed by atoms with Crippen molar-refractivity contribution in [1.29, 1.82) is 0 Å². The summed E-state index contributed by atoms with van der Waals surface area (Å²) in [5, 5.41) is 9.78. The number of benzene rings is 2. The van der Waals surface area contributed by atoms with Crippen molar-refractivity contribution >= 4 is 23.4 Å². The van der Waals surface area contributed by atoms with Crippen LogP contribution in [0.4, 0.5) is 14.9 Å². The third-order valence-corrected chi connectivity index (χ3v) is 5.01. The molecule has 0 bridgehead atoms. The molecular formula is C19H20ClFN2O2. The molecule has 1 atom stereocenters. The molecule has 1 unspecified atom stereocenters. The maximum absolute atomic E-state index is 13.5. The average Bonchev–Trinajstić information content (AvgIpc) is 3.00. The summed E-state index contributed by atoms with van der Waals surface area (Å²) in [5.41, 5.74) is 1.98. The van der Waals surface area contributed by atoms with Crippen LogP contribution in [-0.4, -0.2) is 42.3 Å². The molecule has 132 valence electrons. The fraction of sp³-hybridized carbons (Fsp3) is 0.316. The molecule has 0 aliphatic carbocycles. The summed E-state index contributed by atoms with van der Waals surface area (Å²) in [6.45, 7) is 1.38. The summed E-state index contributed by atoms with van der Waals surface area (Å²) < 4.78 is 13.5. The van der Waals surface area contributed by atoms with E-state index in [0.717, 1.165) is 19.4 Å². The monoisotopic (exact) mass is 362 g/mol. The van der Waals surface area contributed by atoms with Gasteiger partial charge >= 0.3 is 6.09 Å². The summed E-state index contributed by atoms with van der Waals surface area (Å²) in [4.78, 5) is 15.5. The molecule has 6 heteroatoms. The zero-order chi connectivity index (χ0) is 18.0. The molecule has 1 aliphatic heterocycles. The molecule has 25 heavy (non-hydrogen) atoms. The minimum Gasteiger partial charge on any atom is -0.465 e. The maximum Gasteiger partial charge on any atom is 0.411 e. The predicted octanol–water partition coefficient (Wildman–Crippen LogP) is 4.72. The Labute approximate surface area is 151 Å². The number of nitrogens with zero attached hydrogens (tertiary/aromatic N) is 2. The number of halogens is 2. The second-order valence-corrected chi connectivity index (χ2v) is 6.72. The highest BCUT2D eigenvalue weighted by atomic mass is 35.5. The van der Waals surface area contributed by atoms with Gasteiger partial charge in [0, 0.05) is 18.2 Å². The molecule has 1 heterocycles. The Balaban J connectivity index is 1.99. The van der Waals surface area contributed by atoms with Gasteiger partial charge in [-0.05, 0) is 50.2 Å². The second-order valence-electron chi connectivity index (χ2n) is 6.32. The number of carbonyl (C=O) groups is 1. The van der Waals surface area contributed by atoms with Gasteiger partial charge in [0.05, 0.1) is 10.7 Å². The SMILES string of the molecule is CN1CCCC1CN(C(=O)O)c1ccccc1-c1ccc(F)c(Cl)c1. The zero-order valence-electron chi connectivity index (χ0n) is 14.0. The largest absolute Gasteiger partial charge is 0.465 e. The van der Waals surface area contributed by atoms with Crippen LogP contribution in [0.15, 0.2) is 42.5 Å². The molecule has 1 amide bonds. The number of likely N-dealkylation sites (tertiary alicyclic amines) is 1. The van der Waals surface area contributed by atoms with Crippen LogP contribution < -0.4 is 4.90 Å². The first-order valence-corrected chi connectivity index (χ1v) is 8.60. The van der Waals surface area contributed by atoms with E-state index in [1.165, 1.54) is 17.0 Å². The minimum absolute atomic E-state index is 0.0182. The molecule has 0 spiro atoms. The topological polar surface area (TPSA) is 43.8 Å². The van der Waals surface area contributed by atoms with Crippen LogP contribution in [0, 0.1) is 5.82 Å². The molecule has 0 aromatic heterocycles. The van der Waals surface area contributed by atoms with Crippen molar-refractivity contribution in [3.63, 3.8) is 0 Å². The van der Waals surface area contributed by atoms with E-state index in [1.807, 2.05) is 19.2 Å².